The van der Waals surface area contributed by atoms with E-state index in [1.54, 1.807) is 42.7 Å². The van der Waals surface area contributed by atoms with Gasteiger partial charge in [-0.1, -0.05) is 24.1 Å². The number of nitrogen functional groups attached to an aromatic ring is 1. The number of hydrogen-bond acceptors (Lipinski definition) is 5. The van der Waals surface area contributed by atoms with Crippen LogP contribution in [0.25, 0.3) is 11.0 Å². The molecule has 2 aliphatic rings. The first-order valence-electron chi connectivity index (χ1n) is 9.31. The number of nitrogens with zero attached hydrogens (tertiary/aromatic N) is 2. The lowest BCUT2D eigenvalue weighted by molar-refractivity contribution is 0.588. The van der Waals surface area contributed by atoms with Crippen LogP contribution in [0.2, 0.25) is 0 Å². The van der Waals surface area contributed by atoms with Crippen molar-refractivity contribution in [2.45, 2.75) is 37.1 Å². The molecule has 0 amide bonds. The van der Waals surface area contributed by atoms with Gasteiger partial charge in [0.25, 0.3) is 10.0 Å². The number of rotatable bonds is 4. The fraction of sp³-hybridized carbons (Fsp3) is 0.350. The van der Waals surface area contributed by atoms with Gasteiger partial charge in [-0.3, -0.25) is 0 Å². The number of hydrogen-bond donors (Lipinski definition) is 2. The number of aromatic nitrogens is 2. The summed E-state index contributed by atoms with van der Waals surface area (Å²) in [6, 6.07) is 9.07. The van der Waals surface area contributed by atoms with Crippen molar-refractivity contribution < 1.29 is 8.42 Å². The summed E-state index contributed by atoms with van der Waals surface area (Å²) in [5.74, 6) is 1.46. The first kappa shape index (κ1) is 16.6. The smallest absolute Gasteiger partial charge is 0.269 e. The fourth-order valence-electron chi connectivity index (χ4n) is 4.46. The number of fused-ring (bicyclic) bond motifs is 2. The fourth-order valence-corrected chi connectivity index (χ4v) is 5.76. The number of anilines is 2. The van der Waals surface area contributed by atoms with Gasteiger partial charge in [0.2, 0.25) is 0 Å². The van der Waals surface area contributed by atoms with E-state index in [2.05, 4.69) is 10.3 Å². The Morgan fingerprint density at radius 1 is 1.15 bits per heavy atom. The number of pyridine rings is 1. The molecule has 5 rings (SSSR count). The third kappa shape index (κ3) is 2.52. The Labute approximate surface area is 158 Å². The summed E-state index contributed by atoms with van der Waals surface area (Å²) in [6.07, 6.45) is 6.94. The van der Waals surface area contributed by atoms with Gasteiger partial charge < -0.3 is 11.1 Å². The van der Waals surface area contributed by atoms with Crippen LogP contribution in [0.4, 0.5) is 11.4 Å². The first-order chi connectivity index (χ1) is 13.0. The molecule has 2 heterocycles. The van der Waals surface area contributed by atoms with Crippen LogP contribution in [0.3, 0.4) is 0 Å². The Morgan fingerprint density at radius 2 is 1.85 bits per heavy atom. The van der Waals surface area contributed by atoms with Crippen molar-refractivity contribution in [1.82, 2.24) is 8.96 Å². The molecule has 0 bridgehead atoms. The average Bonchev–Trinajstić information content (AvgIpc) is 3.04. The third-order valence-electron chi connectivity index (χ3n) is 6.01. The van der Waals surface area contributed by atoms with Crippen molar-refractivity contribution >= 4 is 32.4 Å². The second-order valence-electron chi connectivity index (χ2n) is 7.68. The van der Waals surface area contributed by atoms with Crippen LogP contribution in [0.15, 0.2) is 47.6 Å². The van der Waals surface area contributed by atoms with Gasteiger partial charge in [-0.15, -0.1) is 0 Å². The minimum absolute atomic E-state index is 0.246. The summed E-state index contributed by atoms with van der Waals surface area (Å²) in [6.45, 7) is 1.93. The SMILES string of the molecule is Cc1ccc(S(=O)(=O)n2ccc3c(NC4[C@H]5CCC[C@@H]45)c(N)cnc32)cc1. The van der Waals surface area contributed by atoms with Crippen LogP contribution in [-0.4, -0.2) is 23.4 Å². The molecule has 0 saturated heterocycles. The van der Waals surface area contributed by atoms with Gasteiger partial charge in [0.05, 0.1) is 22.5 Å². The Balaban J connectivity index is 1.57. The minimum Gasteiger partial charge on any atom is -0.396 e. The first-order valence-corrected chi connectivity index (χ1v) is 10.7. The molecule has 1 unspecified atom stereocenters. The molecule has 140 valence electrons. The summed E-state index contributed by atoms with van der Waals surface area (Å²) in [4.78, 5) is 4.58. The van der Waals surface area contributed by atoms with Crippen LogP contribution < -0.4 is 11.1 Å². The molecule has 2 aromatic heterocycles. The largest absolute Gasteiger partial charge is 0.396 e. The molecule has 0 aliphatic heterocycles. The van der Waals surface area contributed by atoms with Crippen molar-refractivity contribution in [2.75, 3.05) is 11.1 Å². The van der Waals surface area contributed by atoms with Crippen LogP contribution in [0, 0.1) is 18.8 Å². The molecule has 0 radical (unpaired) electrons. The predicted octanol–water partition coefficient (Wildman–Crippen LogP) is 3.37. The number of aryl methyl sites for hydroxylation is 1. The maximum Gasteiger partial charge on any atom is 0.269 e. The molecule has 0 spiro atoms. The van der Waals surface area contributed by atoms with Gasteiger partial charge in [0.1, 0.15) is 0 Å². The summed E-state index contributed by atoms with van der Waals surface area (Å²) < 4.78 is 27.4. The Morgan fingerprint density at radius 3 is 2.56 bits per heavy atom. The van der Waals surface area contributed by atoms with Crippen molar-refractivity contribution in [1.29, 1.82) is 0 Å². The Hall–Kier alpha value is -2.54. The van der Waals surface area contributed by atoms with Gasteiger partial charge in [0.15, 0.2) is 5.65 Å². The van der Waals surface area contributed by atoms with Gasteiger partial charge in [-0.25, -0.2) is 17.4 Å². The molecule has 3 aromatic rings. The van der Waals surface area contributed by atoms with E-state index in [1.807, 2.05) is 6.92 Å². The van der Waals surface area contributed by atoms with E-state index in [0.717, 1.165) is 28.5 Å². The van der Waals surface area contributed by atoms with Crippen molar-refractivity contribution in [3.05, 3.63) is 48.3 Å². The quantitative estimate of drug-likeness (QED) is 0.722. The maximum atomic E-state index is 13.1. The molecule has 27 heavy (non-hydrogen) atoms. The molecule has 3 N–H and O–H groups in total. The topological polar surface area (TPSA) is 90.0 Å². The van der Waals surface area contributed by atoms with E-state index in [4.69, 9.17) is 5.73 Å². The van der Waals surface area contributed by atoms with Crippen molar-refractivity contribution in [2.24, 2.45) is 11.8 Å². The normalized spacial score (nSPS) is 24.1. The highest BCUT2D eigenvalue weighted by atomic mass is 32.2. The summed E-state index contributed by atoms with van der Waals surface area (Å²) in [7, 11) is -3.71. The standard InChI is InChI=1S/C20H22N4O2S/c1-12-5-7-13(8-6-12)27(25,26)24-10-9-16-19(17(21)11-22-20(16)24)23-18-14-3-2-4-15(14)18/h5-11,14-15,18H,2-4,21H2,1H3,(H,22,23)/t14-,15+,18?. The lowest BCUT2D eigenvalue weighted by Gasteiger charge is -2.13. The molecular weight excluding hydrogens is 360 g/mol. The lowest BCUT2D eigenvalue weighted by atomic mass is 10.2. The summed E-state index contributed by atoms with van der Waals surface area (Å²) in [5.41, 5.74) is 8.95. The monoisotopic (exact) mass is 382 g/mol. The van der Waals surface area contributed by atoms with E-state index in [1.165, 1.54) is 23.2 Å². The highest BCUT2D eigenvalue weighted by molar-refractivity contribution is 7.90. The van der Waals surface area contributed by atoms with Crippen LogP contribution >= 0.6 is 0 Å². The Bertz CT molecular complexity index is 1120. The second kappa shape index (κ2) is 5.73. The third-order valence-corrected chi connectivity index (χ3v) is 7.69. The van der Waals surface area contributed by atoms with Gasteiger partial charge in [0, 0.05) is 17.6 Å². The van der Waals surface area contributed by atoms with Gasteiger partial charge in [-0.05, 0) is 49.8 Å². The highest BCUT2D eigenvalue weighted by Gasteiger charge is 2.52. The van der Waals surface area contributed by atoms with E-state index in [0.29, 0.717) is 17.4 Å². The molecule has 2 fully saturated rings. The molecule has 2 aliphatic carbocycles. The molecule has 2 saturated carbocycles. The Kier molecular flexibility index (Phi) is 3.53. The van der Waals surface area contributed by atoms with Gasteiger partial charge in [-0.2, -0.15) is 0 Å². The highest BCUT2D eigenvalue weighted by Crippen LogP contribution is 2.54. The lowest BCUT2D eigenvalue weighted by Crippen LogP contribution is -2.14. The van der Waals surface area contributed by atoms with Crippen LogP contribution in [0.5, 0.6) is 0 Å². The number of nitrogens with one attached hydrogen (secondary N) is 1. The second-order valence-corrected chi connectivity index (χ2v) is 9.50. The molecule has 3 atom stereocenters. The molecule has 1 aromatic carbocycles. The molecular formula is C20H22N4O2S. The molecule has 7 heteroatoms. The average molecular weight is 382 g/mol. The summed E-state index contributed by atoms with van der Waals surface area (Å²) in [5, 5.41) is 4.31. The van der Waals surface area contributed by atoms with Crippen LogP contribution in [-0.2, 0) is 10.0 Å². The van der Waals surface area contributed by atoms with Crippen molar-refractivity contribution in [3.8, 4) is 0 Å². The zero-order valence-electron chi connectivity index (χ0n) is 15.1. The zero-order chi connectivity index (χ0) is 18.8. The van der Waals surface area contributed by atoms with Crippen molar-refractivity contribution in [3.63, 3.8) is 0 Å². The number of nitrogens with two attached hydrogens (primary N) is 1. The van der Waals surface area contributed by atoms with E-state index >= 15 is 0 Å². The van der Waals surface area contributed by atoms with Gasteiger partial charge >= 0.3 is 0 Å². The van der Waals surface area contributed by atoms with E-state index in [9.17, 15) is 8.42 Å². The minimum atomic E-state index is -3.71. The zero-order valence-corrected chi connectivity index (χ0v) is 15.9. The predicted molar refractivity (Wildman–Crippen MR) is 106 cm³/mol. The maximum absolute atomic E-state index is 13.1. The summed E-state index contributed by atoms with van der Waals surface area (Å²) >= 11 is 0. The molecule has 6 nitrogen and oxygen atoms in total. The van der Waals surface area contributed by atoms with Crippen LogP contribution in [0.1, 0.15) is 24.8 Å². The number of benzene rings is 1. The van der Waals surface area contributed by atoms with E-state index in [-0.39, 0.29) is 4.90 Å². The van der Waals surface area contributed by atoms with E-state index < -0.39 is 10.0 Å².